The monoisotopic (exact) mass is 231 g/mol. The lowest BCUT2D eigenvalue weighted by molar-refractivity contribution is -0.145. The third-order valence-electron chi connectivity index (χ3n) is 2.22. The Morgan fingerprint density at radius 2 is 1.94 bits per heavy atom. The van der Waals surface area contributed by atoms with Crippen molar-refractivity contribution >= 4 is 5.97 Å². The van der Waals surface area contributed by atoms with Crippen LogP contribution in [0.1, 0.15) is 40.5 Å². The van der Waals surface area contributed by atoms with Gasteiger partial charge in [-0.15, -0.1) is 0 Å². The van der Waals surface area contributed by atoms with E-state index in [1.165, 1.54) is 0 Å². The van der Waals surface area contributed by atoms with Gasteiger partial charge in [-0.1, -0.05) is 13.8 Å². The predicted octanol–water partition coefficient (Wildman–Crippen LogP) is 1.72. The molecule has 0 radical (unpaired) electrons. The number of hydrogen-bond donors (Lipinski definition) is 1. The summed E-state index contributed by atoms with van der Waals surface area (Å²) in [4.78, 5) is 11.2. The molecule has 0 saturated heterocycles. The lowest BCUT2D eigenvalue weighted by atomic mass is 10.1. The molecule has 0 aliphatic rings. The standard InChI is InChI=1S/C12H25NO3/c1-5-15-12(14)11(13)6-7-16-10(4)8-9(2)3/h9-11H,5-8,13H2,1-4H3. The van der Waals surface area contributed by atoms with Gasteiger partial charge in [-0.25, -0.2) is 0 Å². The molecule has 0 rings (SSSR count). The van der Waals surface area contributed by atoms with Crippen LogP contribution >= 0.6 is 0 Å². The summed E-state index contributed by atoms with van der Waals surface area (Å²) >= 11 is 0. The number of nitrogens with two attached hydrogens (primary N) is 1. The van der Waals surface area contributed by atoms with E-state index in [4.69, 9.17) is 15.2 Å². The Hall–Kier alpha value is -0.610. The lowest BCUT2D eigenvalue weighted by Gasteiger charge is -2.16. The molecule has 0 aromatic heterocycles. The van der Waals surface area contributed by atoms with Gasteiger partial charge in [-0.2, -0.15) is 0 Å². The molecule has 0 amide bonds. The van der Waals surface area contributed by atoms with Gasteiger partial charge >= 0.3 is 5.97 Å². The summed E-state index contributed by atoms with van der Waals surface area (Å²) in [7, 11) is 0. The van der Waals surface area contributed by atoms with Gasteiger partial charge in [0, 0.05) is 6.61 Å². The summed E-state index contributed by atoms with van der Waals surface area (Å²) in [6.45, 7) is 9.00. The SMILES string of the molecule is CCOC(=O)C(N)CCOC(C)CC(C)C. The first-order valence-electron chi connectivity index (χ1n) is 6.01. The van der Waals surface area contributed by atoms with E-state index in [0.29, 0.717) is 25.6 Å². The molecule has 96 valence electrons. The van der Waals surface area contributed by atoms with Gasteiger partial charge in [0.15, 0.2) is 0 Å². The minimum Gasteiger partial charge on any atom is -0.465 e. The quantitative estimate of drug-likeness (QED) is 0.646. The van der Waals surface area contributed by atoms with Crippen molar-refractivity contribution in [1.29, 1.82) is 0 Å². The maximum Gasteiger partial charge on any atom is 0.322 e. The molecule has 0 spiro atoms. The normalized spacial score (nSPS) is 14.9. The van der Waals surface area contributed by atoms with Gasteiger partial charge in [0.25, 0.3) is 0 Å². The first kappa shape index (κ1) is 15.4. The van der Waals surface area contributed by atoms with Crippen LogP contribution < -0.4 is 5.73 Å². The van der Waals surface area contributed by atoms with E-state index in [0.717, 1.165) is 6.42 Å². The number of ether oxygens (including phenoxy) is 2. The lowest BCUT2D eigenvalue weighted by Crippen LogP contribution is -2.33. The van der Waals surface area contributed by atoms with Crippen molar-refractivity contribution in [3.8, 4) is 0 Å². The second-order valence-electron chi connectivity index (χ2n) is 4.46. The van der Waals surface area contributed by atoms with Crippen molar-refractivity contribution in [1.82, 2.24) is 0 Å². The van der Waals surface area contributed by atoms with Gasteiger partial charge in [0.1, 0.15) is 6.04 Å². The number of carbonyl (C=O) groups is 1. The van der Waals surface area contributed by atoms with E-state index >= 15 is 0 Å². The second kappa shape index (κ2) is 8.53. The summed E-state index contributed by atoms with van der Waals surface area (Å²) in [5.41, 5.74) is 5.64. The van der Waals surface area contributed by atoms with Crippen LogP contribution in [0.3, 0.4) is 0 Å². The Bertz CT molecular complexity index is 195. The van der Waals surface area contributed by atoms with Crippen molar-refractivity contribution < 1.29 is 14.3 Å². The minimum atomic E-state index is -0.564. The molecule has 2 unspecified atom stereocenters. The molecule has 0 aromatic rings. The zero-order valence-corrected chi connectivity index (χ0v) is 10.9. The molecule has 0 aromatic carbocycles. The van der Waals surface area contributed by atoms with Crippen LogP contribution in [0.15, 0.2) is 0 Å². The molecule has 4 nitrogen and oxygen atoms in total. The fourth-order valence-electron chi connectivity index (χ4n) is 1.50. The van der Waals surface area contributed by atoms with E-state index in [9.17, 15) is 4.79 Å². The molecule has 2 N–H and O–H groups in total. The zero-order chi connectivity index (χ0) is 12.6. The van der Waals surface area contributed by atoms with Crippen LogP contribution in [0, 0.1) is 5.92 Å². The van der Waals surface area contributed by atoms with Crippen molar-refractivity contribution in [2.24, 2.45) is 11.7 Å². The first-order valence-corrected chi connectivity index (χ1v) is 6.01. The molecular weight excluding hydrogens is 206 g/mol. The predicted molar refractivity (Wildman–Crippen MR) is 64.1 cm³/mol. The number of rotatable bonds is 8. The van der Waals surface area contributed by atoms with Crippen molar-refractivity contribution in [2.75, 3.05) is 13.2 Å². The Morgan fingerprint density at radius 3 is 2.44 bits per heavy atom. The van der Waals surface area contributed by atoms with Crippen LogP contribution in [-0.2, 0) is 14.3 Å². The fraction of sp³-hybridized carbons (Fsp3) is 0.917. The molecule has 0 saturated carbocycles. The first-order chi connectivity index (χ1) is 7.47. The third-order valence-corrected chi connectivity index (χ3v) is 2.22. The van der Waals surface area contributed by atoms with Gasteiger partial charge in [-0.3, -0.25) is 4.79 Å². The number of esters is 1. The number of hydrogen-bond acceptors (Lipinski definition) is 4. The maximum absolute atomic E-state index is 11.2. The summed E-state index contributed by atoms with van der Waals surface area (Å²) in [5, 5.41) is 0. The summed E-state index contributed by atoms with van der Waals surface area (Å²) < 4.78 is 10.4. The van der Waals surface area contributed by atoms with Crippen molar-refractivity contribution in [3.05, 3.63) is 0 Å². The average molecular weight is 231 g/mol. The van der Waals surface area contributed by atoms with Crippen molar-refractivity contribution in [2.45, 2.75) is 52.7 Å². The van der Waals surface area contributed by atoms with Gasteiger partial charge in [0.05, 0.1) is 12.7 Å². The topological polar surface area (TPSA) is 61.5 Å². The van der Waals surface area contributed by atoms with Gasteiger partial charge in [0.2, 0.25) is 0 Å². The van der Waals surface area contributed by atoms with Crippen LogP contribution in [0.4, 0.5) is 0 Å². The van der Waals surface area contributed by atoms with Crippen LogP contribution in [0.25, 0.3) is 0 Å². The fourth-order valence-corrected chi connectivity index (χ4v) is 1.50. The Kier molecular flexibility index (Phi) is 8.21. The van der Waals surface area contributed by atoms with E-state index in [1.807, 2.05) is 6.92 Å². The highest BCUT2D eigenvalue weighted by molar-refractivity contribution is 5.75. The molecule has 0 heterocycles. The largest absolute Gasteiger partial charge is 0.465 e. The molecule has 16 heavy (non-hydrogen) atoms. The van der Waals surface area contributed by atoms with E-state index in [2.05, 4.69) is 13.8 Å². The third kappa shape index (κ3) is 7.65. The Labute approximate surface area is 98.5 Å². The van der Waals surface area contributed by atoms with Crippen molar-refractivity contribution in [3.63, 3.8) is 0 Å². The molecule has 2 atom stereocenters. The number of carbonyl (C=O) groups excluding carboxylic acids is 1. The highest BCUT2D eigenvalue weighted by Crippen LogP contribution is 2.08. The van der Waals surface area contributed by atoms with E-state index in [-0.39, 0.29) is 12.1 Å². The molecule has 0 aliphatic carbocycles. The molecule has 0 bridgehead atoms. The van der Waals surface area contributed by atoms with Crippen LogP contribution in [0.2, 0.25) is 0 Å². The molecule has 0 aliphatic heterocycles. The van der Waals surface area contributed by atoms with Crippen LogP contribution in [0.5, 0.6) is 0 Å². The van der Waals surface area contributed by atoms with Crippen LogP contribution in [-0.4, -0.2) is 31.3 Å². The molecular formula is C12H25NO3. The zero-order valence-electron chi connectivity index (χ0n) is 10.9. The van der Waals surface area contributed by atoms with E-state index in [1.54, 1.807) is 6.92 Å². The summed E-state index contributed by atoms with van der Waals surface area (Å²) in [6.07, 6.45) is 1.75. The second-order valence-corrected chi connectivity index (χ2v) is 4.46. The highest BCUT2D eigenvalue weighted by Gasteiger charge is 2.14. The van der Waals surface area contributed by atoms with E-state index < -0.39 is 6.04 Å². The smallest absolute Gasteiger partial charge is 0.322 e. The Balaban J connectivity index is 3.60. The summed E-state index contributed by atoms with van der Waals surface area (Å²) in [5.74, 6) is 0.274. The highest BCUT2D eigenvalue weighted by atomic mass is 16.5. The summed E-state index contributed by atoms with van der Waals surface area (Å²) in [6, 6.07) is -0.564. The van der Waals surface area contributed by atoms with Gasteiger partial charge < -0.3 is 15.2 Å². The Morgan fingerprint density at radius 1 is 1.31 bits per heavy atom. The maximum atomic E-state index is 11.2. The average Bonchev–Trinajstić information content (AvgIpc) is 2.16. The van der Waals surface area contributed by atoms with Gasteiger partial charge in [-0.05, 0) is 32.6 Å². The molecule has 4 heteroatoms. The molecule has 0 fully saturated rings. The minimum absolute atomic E-state index is 0.217.